The van der Waals surface area contributed by atoms with Crippen LogP contribution in [0.1, 0.15) is 62.3 Å². The van der Waals surface area contributed by atoms with E-state index >= 15 is 0 Å². The number of fused-ring (bicyclic) bond motifs is 1. The van der Waals surface area contributed by atoms with Gasteiger partial charge >= 0.3 is 11.9 Å². The molecule has 2 rings (SSSR count). The summed E-state index contributed by atoms with van der Waals surface area (Å²) < 4.78 is 10.2. The maximum Gasteiger partial charge on any atom is 0.340 e. The van der Waals surface area contributed by atoms with Crippen molar-refractivity contribution in [3.63, 3.8) is 0 Å². The van der Waals surface area contributed by atoms with Gasteiger partial charge in [0.25, 0.3) is 0 Å². The highest BCUT2D eigenvalue weighted by Crippen LogP contribution is 2.76. The second-order valence-corrected chi connectivity index (χ2v) is 10.4. The van der Waals surface area contributed by atoms with Crippen LogP contribution in [0.4, 0.5) is 0 Å². The lowest BCUT2D eigenvalue weighted by Gasteiger charge is -2.72. The van der Waals surface area contributed by atoms with Crippen molar-refractivity contribution < 1.29 is 19.1 Å². The first-order valence-electron chi connectivity index (χ1n) is 9.08. The van der Waals surface area contributed by atoms with E-state index in [1.54, 1.807) is 0 Å². The van der Waals surface area contributed by atoms with Gasteiger partial charge in [-0.05, 0) is 16.4 Å². The number of aliphatic imine (C=N–C) groups is 1. The Morgan fingerprint density at radius 3 is 1.65 bits per heavy atom. The third kappa shape index (κ3) is 2.12. The summed E-state index contributed by atoms with van der Waals surface area (Å²) in [6.45, 7) is 18.8. The maximum atomic E-state index is 13.0. The maximum absolute atomic E-state index is 13.0. The Labute approximate surface area is 157 Å². The minimum atomic E-state index is -1.32. The van der Waals surface area contributed by atoms with E-state index in [1.165, 1.54) is 14.2 Å². The van der Waals surface area contributed by atoms with E-state index in [9.17, 15) is 9.59 Å². The lowest BCUT2D eigenvalue weighted by atomic mass is 9.32. The van der Waals surface area contributed by atoms with Gasteiger partial charge in [0.1, 0.15) is 0 Å². The minimum absolute atomic E-state index is 0.247. The van der Waals surface area contributed by atoms with Gasteiger partial charge in [0.2, 0.25) is 5.54 Å². The Morgan fingerprint density at radius 2 is 1.35 bits per heavy atom. The molecule has 5 heteroatoms. The van der Waals surface area contributed by atoms with Crippen molar-refractivity contribution in [2.75, 3.05) is 14.2 Å². The van der Waals surface area contributed by atoms with Crippen molar-refractivity contribution in [2.24, 2.45) is 26.7 Å². The molecule has 0 spiro atoms. The lowest BCUT2D eigenvalue weighted by molar-refractivity contribution is -0.161. The number of nitrogens with zero attached hydrogens (tertiary/aromatic N) is 1. The fraction of sp³-hybridized carbons (Fsp3) is 0.762. The molecule has 1 aliphatic heterocycles. The molecule has 0 bridgehead atoms. The summed E-state index contributed by atoms with van der Waals surface area (Å²) >= 11 is 0. The summed E-state index contributed by atoms with van der Waals surface area (Å²) in [6.07, 6.45) is 0. The average molecular weight is 363 g/mol. The molecule has 26 heavy (non-hydrogen) atoms. The first kappa shape index (κ1) is 20.7. The third-order valence-corrected chi connectivity index (χ3v) is 5.62. The highest BCUT2D eigenvalue weighted by Gasteiger charge is 2.84. The molecule has 5 nitrogen and oxygen atoms in total. The quantitative estimate of drug-likeness (QED) is 0.697. The fourth-order valence-corrected chi connectivity index (χ4v) is 5.04. The van der Waals surface area contributed by atoms with Crippen molar-refractivity contribution in [1.82, 2.24) is 0 Å². The van der Waals surface area contributed by atoms with Crippen molar-refractivity contribution in [2.45, 2.75) is 67.9 Å². The van der Waals surface area contributed by atoms with Gasteiger partial charge in [-0.1, -0.05) is 62.3 Å². The summed E-state index contributed by atoms with van der Waals surface area (Å²) in [4.78, 5) is 30.6. The summed E-state index contributed by atoms with van der Waals surface area (Å²) in [6, 6.07) is 0. The van der Waals surface area contributed by atoms with Crippen LogP contribution < -0.4 is 0 Å². The first-order valence-corrected chi connectivity index (χ1v) is 9.08. The van der Waals surface area contributed by atoms with Crippen LogP contribution in [0.25, 0.3) is 0 Å². The fourth-order valence-electron chi connectivity index (χ4n) is 5.04. The van der Waals surface area contributed by atoms with Crippen molar-refractivity contribution in [3.8, 4) is 0 Å². The zero-order valence-corrected chi connectivity index (χ0v) is 18.1. The van der Waals surface area contributed by atoms with Crippen LogP contribution in [0.15, 0.2) is 16.1 Å². The molecule has 0 saturated heterocycles. The number of hydrogen-bond donors (Lipinski definition) is 0. The number of ether oxygens (including phenoxy) is 2. The van der Waals surface area contributed by atoms with Crippen LogP contribution in [0.3, 0.4) is 0 Å². The minimum Gasteiger partial charge on any atom is -0.467 e. The molecule has 0 aromatic carbocycles. The summed E-state index contributed by atoms with van der Waals surface area (Å²) in [5, 5.41) is 0. The topological polar surface area (TPSA) is 65.0 Å². The van der Waals surface area contributed by atoms with Crippen LogP contribution in [-0.4, -0.2) is 37.4 Å². The number of esters is 2. The molecule has 0 aromatic rings. The van der Waals surface area contributed by atoms with E-state index in [-0.39, 0.29) is 16.2 Å². The molecule has 1 aliphatic carbocycles. The standard InChI is InChI=1S/C21H33NO4/c1-17(2,3)13-12(14(23)25-10)21(16(24)26-11)20(13,19(7,8)9)15(22-21)18(4,5)6/h1-11H3. The average Bonchev–Trinajstić information content (AvgIpc) is 2.43. The van der Waals surface area contributed by atoms with Gasteiger partial charge < -0.3 is 9.47 Å². The van der Waals surface area contributed by atoms with Gasteiger partial charge in [0, 0.05) is 11.1 Å². The molecule has 0 amide bonds. The van der Waals surface area contributed by atoms with E-state index in [1.807, 2.05) is 0 Å². The zero-order valence-electron chi connectivity index (χ0n) is 18.1. The summed E-state index contributed by atoms with van der Waals surface area (Å²) in [7, 11) is 2.68. The smallest absolute Gasteiger partial charge is 0.340 e. The molecule has 0 radical (unpaired) electrons. The van der Waals surface area contributed by atoms with Crippen molar-refractivity contribution in [1.29, 1.82) is 0 Å². The molecule has 0 fully saturated rings. The van der Waals surface area contributed by atoms with E-state index in [4.69, 9.17) is 14.5 Å². The highest BCUT2D eigenvalue weighted by atomic mass is 16.5. The molecule has 2 unspecified atom stereocenters. The number of hydrogen-bond acceptors (Lipinski definition) is 5. The molecule has 2 aliphatic rings. The van der Waals surface area contributed by atoms with Gasteiger partial charge in [-0.25, -0.2) is 9.59 Å². The van der Waals surface area contributed by atoms with Crippen LogP contribution in [0, 0.1) is 21.7 Å². The Morgan fingerprint density at radius 1 is 0.846 bits per heavy atom. The molecule has 1 heterocycles. The normalized spacial score (nSPS) is 28.5. The Kier molecular flexibility index (Phi) is 4.31. The second kappa shape index (κ2) is 5.43. The molecule has 146 valence electrons. The van der Waals surface area contributed by atoms with E-state index in [0.717, 1.165) is 11.3 Å². The van der Waals surface area contributed by atoms with Gasteiger partial charge in [-0.15, -0.1) is 0 Å². The zero-order chi connectivity index (χ0) is 20.5. The predicted octanol–water partition coefficient (Wildman–Crippen LogP) is 3.96. The first-order chi connectivity index (χ1) is 11.5. The van der Waals surface area contributed by atoms with Gasteiger partial charge in [-0.2, -0.15) is 0 Å². The van der Waals surface area contributed by atoms with Crippen LogP contribution in [0.2, 0.25) is 0 Å². The molecular formula is C21H33NO4. The molecule has 2 atom stereocenters. The predicted molar refractivity (Wildman–Crippen MR) is 102 cm³/mol. The summed E-state index contributed by atoms with van der Waals surface area (Å²) in [5.41, 5.74) is -0.682. The Bertz CT molecular complexity index is 725. The van der Waals surface area contributed by atoms with Crippen molar-refractivity contribution >= 4 is 17.7 Å². The van der Waals surface area contributed by atoms with Gasteiger partial charge in [-0.3, -0.25) is 4.99 Å². The number of rotatable bonds is 2. The SMILES string of the molecule is COC(=O)C1=C(C(C)(C)C)C2(C(C)(C)C)C(C(C)(C)C)=NC12C(=O)OC. The molecule has 0 saturated carbocycles. The van der Waals surface area contributed by atoms with Gasteiger partial charge in [0.05, 0.1) is 25.2 Å². The Balaban J connectivity index is 3.01. The number of carbonyl (C=O) groups excluding carboxylic acids is 2. The van der Waals surface area contributed by atoms with E-state index in [2.05, 4.69) is 62.3 Å². The van der Waals surface area contributed by atoms with E-state index in [0.29, 0.717) is 5.57 Å². The van der Waals surface area contributed by atoms with Crippen LogP contribution in [-0.2, 0) is 19.1 Å². The highest BCUT2D eigenvalue weighted by molar-refractivity contribution is 6.22. The van der Waals surface area contributed by atoms with Gasteiger partial charge in [0.15, 0.2) is 0 Å². The monoisotopic (exact) mass is 363 g/mol. The largest absolute Gasteiger partial charge is 0.467 e. The number of methoxy groups -OCH3 is 2. The molecule has 0 aromatic heterocycles. The van der Waals surface area contributed by atoms with Crippen molar-refractivity contribution in [3.05, 3.63) is 11.1 Å². The Hall–Kier alpha value is -1.65. The molecular weight excluding hydrogens is 330 g/mol. The lowest BCUT2D eigenvalue weighted by Crippen LogP contribution is -2.81. The summed E-state index contributed by atoms with van der Waals surface area (Å²) in [5.74, 6) is -0.995. The van der Waals surface area contributed by atoms with E-state index < -0.39 is 22.9 Å². The third-order valence-electron chi connectivity index (χ3n) is 5.62. The second-order valence-electron chi connectivity index (χ2n) is 10.4. The number of dihydropyridines is 1. The van der Waals surface area contributed by atoms with Crippen LogP contribution >= 0.6 is 0 Å². The molecule has 0 N–H and O–H groups in total. The number of carbonyl (C=O) groups is 2. The van der Waals surface area contributed by atoms with Crippen LogP contribution in [0.5, 0.6) is 0 Å².